The fourth-order valence-corrected chi connectivity index (χ4v) is 2.60. The van der Waals surface area contributed by atoms with Gasteiger partial charge in [0, 0.05) is 10.9 Å². The molecular weight excluding hydrogens is 310 g/mol. The van der Waals surface area contributed by atoms with Gasteiger partial charge in [-0.15, -0.1) is 0 Å². The molecule has 1 amide bonds. The first-order valence-corrected chi connectivity index (χ1v) is 7.51. The SMILES string of the molecule is Cc1c(CC(=O)NCc2ccco2)c(=O)oc2c(C)c(O)ccc12. The van der Waals surface area contributed by atoms with E-state index in [0.29, 0.717) is 33.4 Å². The molecule has 6 heteroatoms. The number of aromatic hydroxyl groups is 1. The van der Waals surface area contributed by atoms with Gasteiger partial charge in [-0.1, -0.05) is 0 Å². The number of carbonyl (C=O) groups is 1. The highest BCUT2D eigenvalue weighted by Crippen LogP contribution is 2.28. The van der Waals surface area contributed by atoms with E-state index in [1.807, 2.05) is 0 Å². The lowest BCUT2D eigenvalue weighted by Crippen LogP contribution is -2.27. The molecule has 2 heterocycles. The van der Waals surface area contributed by atoms with Crippen molar-refractivity contribution >= 4 is 16.9 Å². The average Bonchev–Trinajstić information content (AvgIpc) is 3.07. The van der Waals surface area contributed by atoms with Gasteiger partial charge >= 0.3 is 5.63 Å². The summed E-state index contributed by atoms with van der Waals surface area (Å²) in [5, 5.41) is 13.1. The molecule has 0 atom stereocenters. The van der Waals surface area contributed by atoms with E-state index in [4.69, 9.17) is 8.83 Å². The Morgan fingerprint density at radius 1 is 1.21 bits per heavy atom. The smallest absolute Gasteiger partial charge is 0.340 e. The van der Waals surface area contributed by atoms with Crippen LogP contribution in [-0.4, -0.2) is 11.0 Å². The number of furan rings is 1. The number of hydrogen-bond donors (Lipinski definition) is 2. The summed E-state index contributed by atoms with van der Waals surface area (Å²) in [5.41, 5.74) is 1.27. The van der Waals surface area contributed by atoms with Crippen LogP contribution in [0.3, 0.4) is 0 Å². The molecule has 0 unspecified atom stereocenters. The summed E-state index contributed by atoms with van der Waals surface area (Å²) in [4.78, 5) is 24.3. The Kier molecular flexibility index (Phi) is 4.12. The van der Waals surface area contributed by atoms with E-state index in [9.17, 15) is 14.7 Å². The number of amides is 1. The summed E-state index contributed by atoms with van der Waals surface area (Å²) in [6.07, 6.45) is 1.45. The lowest BCUT2D eigenvalue weighted by molar-refractivity contribution is -0.120. The Morgan fingerprint density at radius 2 is 2.00 bits per heavy atom. The zero-order valence-corrected chi connectivity index (χ0v) is 13.4. The molecule has 24 heavy (non-hydrogen) atoms. The molecule has 2 N–H and O–H groups in total. The molecule has 3 aromatic rings. The number of carbonyl (C=O) groups excluding carboxylic acids is 1. The van der Waals surface area contributed by atoms with Crippen molar-refractivity contribution in [1.29, 1.82) is 0 Å². The van der Waals surface area contributed by atoms with E-state index in [2.05, 4.69) is 5.32 Å². The third-order valence-electron chi connectivity index (χ3n) is 4.05. The first-order chi connectivity index (χ1) is 11.5. The number of phenolic OH excluding ortho intramolecular Hbond substituents is 1. The quantitative estimate of drug-likeness (QED) is 0.719. The van der Waals surface area contributed by atoms with Crippen LogP contribution in [0.1, 0.15) is 22.5 Å². The number of hydrogen-bond acceptors (Lipinski definition) is 5. The molecule has 0 aliphatic rings. The van der Waals surface area contributed by atoms with Crippen molar-refractivity contribution in [3.63, 3.8) is 0 Å². The van der Waals surface area contributed by atoms with Crippen LogP contribution in [0.15, 0.2) is 44.2 Å². The summed E-state index contributed by atoms with van der Waals surface area (Å²) < 4.78 is 10.5. The fraction of sp³-hybridized carbons (Fsp3) is 0.222. The highest BCUT2D eigenvalue weighted by molar-refractivity contribution is 5.87. The van der Waals surface area contributed by atoms with Crippen molar-refractivity contribution in [2.45, 2.75) is 26.8 Å². The van der Waals surface area contributed by atoms with Crippen LogP contribution >= 0.6 is 0 Å². The summed E-state index contributed by atoms with van der Waals surface area (Å²) >= 11 is 0. The molecular formula is C18H17NO5. The Balaban J connectivity index is 1.88. The van der Waals surface area contributed by atoms with Crippen LogP contribution < -0.4 is 10.9 Å². The molecule has 0 saturated heterocycles. The summed E-state index contributed by atoms with van der Waals surface area (Å²) in [6.45, 7) is 3.71. The van der Waals surface area contributed by atoms with E-state index in [-0.39, 0.29) is 24.6 Å². The molecule has 0 bridgehead atoms. The Morgan fingerprint density at radius 3 is 2.71 bits per heavy atom. The predicted molar refractivity (Wildman–Crippen MR) is 87.9 cm³/mol. The molecule has 0 aliphatic heterocycles. The summed E-state index contributed by atoms with van der Waals surface area (Å²) in [7, 11) is 0. The molecule has 0 aliphatic carbocycles. The van der Waals surface area contributed by atoms with Gasteiger partial charge in [0.2, 0.25) is 5.91 Å². The Hall–Kier alpha value is -3.02. The maximum absolute atomic E-state index is 12.2. The van der Waals surface area contributed by atoms with Crippen LogP contribution in [0.5, 0.6) is 5.75 Å². The zero-order valence-electron chi connectivity index (χ0n) is 13.4. The number of fused-ring (bicyclic) bond motifs is 1. The van der Waals surface area contributed by atoms with Crippen molar-refractivity contribution in [1.82, 2.24) is 5.32 Å². The number of nitrogens with one attached hydrogen (secondary N) is 1. The molecule has 124 valence electrons. The van der Waals surface area contributed by atoms with Crippen molar-refractivity contribution in [2.75, 3.05) is 0 Å². The number of phenols is 1. The van der Waals surface area contributed by atoms with Crippen molar-refractivity contribution in [3.05, 3.63) is 63.4 Å². The van der Waals surface area contributed by atoms with Gasteiger partial charge in [0.15, 0.2) is 0 Å². The van der Waals surface area contributed by atoms with Crippen LogP contribution in [0, 0.1) is 13.8 Å². The number of rotatable bonds is 4. The number of aryl methyl sites for hydroxylation is 2. The topological polar surface area (TPSA) is 92.7 Å². The molecule has 0 saturated carbocycles. The highest BCUT2D eigenvalue weighted by Gasteiger charge is 2.17. The van der Waals surface area contributed by atoms with E-state index >= 15 is 0 Å². The zero-order chi connectivity index (χ0) is 17.3. The van der Waals surface area contributed by atoms with Crippen molar-refractivity contribution in [3.8, 4) is 5.75 Å². The van der Waals surface area contributed by atoms with E-state index in [0.717, 1.165) is 0 Å². The minimum absolute atomic E-state index is 0.0639. The monoisotopic (exact) mass is 327 g/mol. The number of benzene rings is 1. The normalized spacial score (nSPS) is 10.9. The molecule has 0 spiro atoms. The largest absolute Gasteiger partial charge is 0.508 e. The fourth-order valence-electron chi connectivity index (χ4n) is 2.60. The van der Waals surface area contributed by atoms with E-state index < -0.39 is 5.63 Å². The first-order valence-electron chi connectivity index (χ1n) is 7.51. The van der Waals surface area contributed by atoms with Crippen molar-refractivity contribution in [2.24, 2.45) is 0 Å². The van der Waals surface area contributed by atoms with E-state index in [1.165, 1.54) is 6.26 Å². The molecule has 1 aromatic carbocycles. The minimum atomic E-state index is -0.568. The molecule has 2 aromatic heterocycles. The second-order valence-electron chi connectivity index (χ2n) is 5.61. The van der Waals surface area contributed by atoms with Gasteiger partial charge in [-0.3, -0.25) is 4.79 Å². The molecule has 0 radical (unpaired) electrons. The maximum Gasteiger partial charge on any atom is 0.340 e. The van der Waals surface area contributed by atoms with E-state index in [1.54, 1.807) is 38.1 Å². The van der Waals surface area contributed by atoms with Crippen LogP contribution in [0.4, 0.5) is 0 Å². The van der Waals surface area contributed by atoms with Gasteiger partial charge in [-0.2, -0.15) is 0 Å². The molecule has 3 rings (SSSR count). The highest BCUT2D eigenvalue weighted by atomic mass is 16.4. The van der Waals surface area contributed by atoms with Gasteiger partial charge in [0.25, 0.3) is 0 Å². The lowest BCUT2D eigenvalue weighted by atomic mass is 10.0. The van der Waals surface area contributed by atoms with Gasteiger partial charge in [-0.05, 0) is 43.7 Å². The lowest BCUT2D eigenvalue weighted by Gasteiger charge is -2.10. The van der Waals surface area contributed by atoms with Gasteiger partial charge in [-0.25, -0.2) is 4.79 Å². The third-order valence-corrected chi connectivity index (χ3v) is 4.05. The van der Waals surface area contributed by atoms with Crippen LogP contribution in [-0.2, 0) is 17.8 Å². The Labute approximate surface area is 137 Å². The summed E-state index contributed by atoms with van der Waals surface area (Å²) in [5.74, 6) is 0.405. The third kappa shape index (κ3) is 2.90. The van der Waals surface area contributed by atoms with Gasteiger partial charge < -0.3 is 19.3 Å². The van der Waals surface area contributed by atoms with Gasteiger partial charge in [0.05, 0.1) is 24.8 Å². The minimum Gasteiger partial charge on any atom is -0.508 e. The van der Waals surface area contributed by atoms with Crippen molar-refractivity contribution < 1.29 is 18.7 Å². The van der Waals surface area contributed by atoms with Crippen LogP contribution in [0.2, 0.25) is 0 Å². The predicted octanol–water partition coefficient (Wildman–Crippen LogP) is 2.57. The second-order valence-corrected chi connectivity index (χ2v) is 5.61. The van der Waals surface area contributed by atoms with Gasteiger partial charge in [0.1, 0.15) is 17.1 Å². The standard InChI is InChI=1S/C18H17NO5/c1-10-13-5-6-15(20)11(2)17(13)24-18(22)14(10)8-16(21)19-9-12-4-3-7-23-12/h3-7,20H,8-9H2,1-2H3,(H,19,21). The molecule has 6 nitrogen and oxygen atoms in total. The first kappa shape index (κ1) is 15.9. The molecule has 0 fully saturated rings. The Bertz CT molecular complexity index is 954. The average molecular weight is 327 g/mol. The maximum atomic E-state index is 12.2. The summed E-state index contributed by atoms with van der Waals surface area (Å²) in [6, 6.07) is 6.72. The second kappa shape index (κ2) is 6.23. The van der Waals surface area contributed by atoms with Crippen LogP contribution in [0.25, 0.3) is 11.0 Å².